The normalized spacial score (nSPS) is 12.2. The number of hydrogen-bond donors (Lipinski definition) is 1. The van der Waals surface area contributed by atoms with Gasteiger partial charge in [0.15, 0.2) is 0 Å². The Morgan fingerprint density at radius 1 is 1.10 bits per heavy atom. The number of para-hydroxylation sites is 1. The average Bonchev–Trinajstić information content (AvgIpc) is 3.15. The largest absolute Gasteiger partial charge is 0.490 e. The number of nitrogens with zero attached hydrogens (tertiary/aromatic N) is 2. The molecule has 1 atom stereocenters. The second-order valence-corrected chi connectivity index (χ2v) is 7.94. The van der Waals surface area contributed by atoms with Crippen LogP contribution in [0.2, 0.25) is 0 Å². The number of aliphatic hydroxyl groups is 1. The predicted molar refractivity (Wildman–Crippen MR) is 117 cm³/mol. The van der Waals surface area contributed by atoms with E-state index in [0.717, 1.165) is 28.0 Å². The third-order valence-corrected chi connectivity index (χ3v) is 5.77. The Bertz CT molecular complexity index is 1180. The van der Waals surface area contributed by atoms with Gasteiger partial charge in [0, 0.05) is 10.9 Å². The summed E-state index contributed by atoms with van der Waals surface area (Å²) in [6, 6.07) is 15.7. The monoisotopic (exact) mass is 406 g/mol. The van der Waals surface area contributed by atoms with E-state index >= 15 is 0 Å². The topological polar surface area (TPSA) is 64.3 Å². The van der Waals surface area contributed by atoms with E-state index in [1.54, 1.807) is 0 Å². The van der Waals surface area contributed by atoms with Crippen molar-refractivity contribution in [2.75, 3.05) is 6.61 Å². The molecule has 0 aliphatic rings. The van der Waals surface area contributed by atoms with Crippen molar-refractivity contribution in [3.05, 3.63) is 81.7 Å². The van der Waals surface area contributed by atoms with E-state index < -0.39 is 6.10 Å². The molecule has 29 heavy (non-hydrogen) atoms. The minimum absolute atomic E-state index is 0.103. The summed E-state index contributed by atoms with van der Waals surface area (Å²) in [5.41, 5.74) is 3.74. The number of thiophene rings is 1. The molecule has 0 aliphatic heterocycles. The van der Waals surface area contributed by atoms with Crippen LogP contribution >= 0.6 is 11.3 Å². The Kier molecular flexibility index (Phi) is 5.47. The first-order chi connectivity index (χ1) is 14.0. The van der Waals surface area contributed by atoms with Crippen LogP contribution in [0, 0.1) is 13.8 Å². The highest BCUT2D eigenvalue weighted by Crippen LogP contribution is 2.30. The molecule has 0 saturated carbocycles. The van der Waals surface area contributed by atoms with Gasteiger partial charge >= 0.3 is 0 Å². The lowest BCUT2D eigenvalue weighted by atomic mass is 10.1. The van der Waals surface area contributed by atoms with Gasteiger partial charge in [0.2, 0.25) is 0 Å². The zero-order chi connectivity index (χ0) is 20.4. The second-order valence-electron chi connectivity index (χ2n) is 7.08. The van der Waals surface area contributed by atoms with Crippen LogP contribution in [0.25, 0.3) is 21.3 Å². The molecule has 5 nitrogen and oxygen atoms in total. The van der Waals surface area contributed by atoms with Crippen molar-refractivity contribution in [3.8, 4) is 16.9 Å². The van der Waals surface area contributed by atoms with Gasteiger partial charge in [0.05, 0.1) is 18.3 Å². The molecule has 0 saturated heterocycles. The Balaban J connectivity index is 1.57. The fraction of sp³-hybridized carbons (Fsp3) is 0.217. The van der Waals surface area contributed by atoms with Crippen molar-refractivity contribution in [2.45, 2.75) is 26.5 Å². The van der Waals surface area contributed by atoms with E-state index in [2.05, 4.69) is 4.98 Å². The van der Waals surface area contributed by atoms with Crippen LogP contribution in [-0.2, 0) is 6.54 Å². The molecule has 0 bridgehead atoms. The van der Waals surface area contributed by atoms with Crippen molar-refractivity contribution in [2.24, 2.45) is 0 Å². The van der Waals surface area contributed by atoms with Gasteiger partial charge in [-0.3, -0.25) is 9.36 Å². The first-order valence-corrected chi connectivity index (χ1v) is 10.3. The Morgan fingerprint density at radius 2 is 1.83 bits per heavy atom. The lowest BCUT2D eigenvalue weighted by Gasteiger charge is -2.16. The van der Waals surface area contributed by atoms with Gasteiger partial charge in [-0.1, -0.05) is 48.5 Å². The number of hydrogen-bond acceptors (Lipinski definition) is 5. The highest BCUT2D eigenvalue weighted by Gasteiger charge is 2.15. The third kappa shape index (κ3) is 3.95. The summed E-state index contributed by atoms with van der Waals surface area (Å²) in [5, 5.41) is 13.0. The van der Waals surface area contributed by atoms with E-state index in [4.69, 9.17) is 4.74 Å². The predicted octanol–water partition coefficient (Wildman–Crippen LogP) is 4.18. The third-order valence-electron chi connectivity index (χ3n) is 4.88. The van der Waals surface area contributed by atoms with Gasteiger partial charge in [-0.2, -0.15) is 0 Å². The summed E-state index contributed by atoms with van der Waals surface area (Å²) in [7, 11) is 0. The Labute approximate surface area is 172 Å². The van der Waals surface area contributed by atoms with Gasteiger partial charge in [-0.15, -0.1) is 11.3 Å². The van der Waals surface area contributed by atoms with Gasteiger partial charge in [-0.25, -0.2) is 4.98 Å². The maximum absolute atomic E-state index is 13.1. The number of fused-ring (bicyclic) bond motifs is 1. The number of ether oxygens (including phenoxy) is 1. The molecule has 0 aliphatic carbocycles. The quantitative estimate of drug-likeness (QED) is 0.522. The number of aliphatic hydroxyl groups excluding tert-OH is 1. The van der Waals surface area contributed by atoms with Crippen LogP contribution in [0.3, 0.4) is 0 Å². The van der Waals surface area contributed by atoms with Crippen LogP contribution in [0.1, 0.15) is 11.1 Å². The van der Waals surface area contributed by atoms with Crippen molar-refractivity contribution in [3.63, 3.8) is 0 Å². The molecule has 2 aromatic heterocycles. The van der Waals surface area contributed by atoms with Crippen LogP contribution in [0.5, 0.6) is 5.75 Å². The molecule has 4 rings (SSSR count). The number of aryl methyl sites for hydroxylation is 2. The summed E-state index contributed by atoms with van der Waals surface area (Å²) in [6.07, 6.45) is 0.669. The molecule has 0 spiro atoms. The van der Waals surface area contributed by atoms with Crippen LogP contribution < -0.4 is 10.3 Å². The Morgan fingerprint density at radius 3 is 2.55 bits per heavy atom. The zero-order valence-electron chi connectivity index (χ0n) is 16.3. The first kappa shape index (κ1) is 19.4. The molecule has 148 valence electrons. The molecule has 4 aromatic rings. The molecular formula is C23H22N2O3S. The minimum Gasteiger partial charge on any atom is -0.490 e. The molecule has 6 heteroatoms. The molecule has 0 unspecified atom stereocenters. The van der Waals surface area contributed by atoms with Crippen LogP contribution in [0.15, 0.2) is 65.0 Å². The SMILES string of the molecule is Cc1cccc(C)c1OC[C@H](O)Cn1cnc2scc(-c3ccccc3)c2c1=O. The Hall–Kier alpha value is -2.96. The summed E-state index contributed by atoms with van der Waals surface area (Å²) in [4.78, 5) is 18.2. The molecular weight excluding hydrogens is 384 g/mol. The fourth-order valence-corrected chi connectivity index (χ4v) is 4.32. The maximum Gasteiger partial charge on any atom is 0.262 e. The average molecular weight is 407 g/mol. The van der Waals surface area contributed by atoms with E-state index in [9.17, 15) is 9.90 Å². The van der Waals surface area contributed by atoms with Crippen molar-refractivity contribution >= 4 is 21.6 Å². The fourth-order valence-electron chi connectivity index (χ4n) is 3.41. The summed E-state index contributed by atoms with van der Waals surface area (Å²) >= 11 is 1.45. The molecule has 0 fully saturated rings. The first-order valence-electron chi connectivity index (χ1n) is 9.43. The molecule has 2 aromatic carbocycles. The van der Waals surface area contributed by atoms with Crippen molar-refractivity contribution in [1.82, 2.24) is 9.55 Å². The lowest BCUT2D eigenvalue weighted by molar-refractivity contribution is 0.0908. The van der Waals surface area contributed by atoms with Gasteiger partial charge in [0.1, 0.15) is 23.3 Å². The highest BCUT2D eigenvalue weighted by molar-refractivity contribution is 7.17. The standard InChI is InChI=1S/C23H22N2O3S/c1-15-7-6-8-16(2)21(15)28-12-18(26)11-25-14-24-22-20(23(25)27)19(13-29-22)17-9-4-3-5-10-17/h3-10,13-14,18,26H,11-12H2,1-2H3/t18-/m1/s1. The lowest BCUT2D eigenvalue weighted by Crippen LogP contribution is -2.30. The number of benzene rings is 2. The second kappa shape index (κ2) is 8.19. The highest BCUT2D eigenvalue weighted by atomic mass is 32.1. The van der Waals surface area contributed by atoms with Crippen LogP contribution in [0.4, 0.5) is 0 Å². The summed E-state index contributed by atoms with van der Waals surface area (Å²) in [5.74, 6) is 0.775. The smallest absolute Gasteiger partial charge is 0.262 e. The maximum atomic E-state index is 13.1. The van der Waals surface area contributed by atoms with E-state index in [1.165, 1.54) is 22.2 Å². The molecule has 1 N–H and O–H groups in total. The van der Waals surface area contributed by atoms with E-state index in [0.29, 0.717) is 10.2 Å². The number of rotatable bonds is 6. The minimum atomic E-state index is -0.829. The summed E-state index contributed by atoms with van der Waals surface area (Å²) < 4.78 is 7.28. The van der Waals surface area contributed by atoms with Crippen molar-refractivity contribution < 1.29 is 9.84 Å². The molecule has 0 amide bonds. The summed E-state index contributed by atoms with van der Waals surface area (Å²) in [6.45, 7) is 4.17. The zero-order valence-corrected chi connectivity index (χ0v) is 17.1. The molecule has 0 radical (unpaired) electrons. The van der Waals surface area contributed by atoms with Crippen LogP contribution in [-0.4, -0.2) is 27.4 Å². The van der Waals surface area contributed by atoms with E-state index in [1.807, 2.05) is 67.8 Å². The van der Waals surface area contributed by atoms with Crippen molar-refractivity contribution in [1.29, 1.82) is 0 Å². The molecule has 2 heterocycles. The van der Waals surface area contributed by atoms with Gasteiger partial charge in [0.25, 0.3) is 5.56 Å². The van der Waals surface area contributed by atoms with Gasteiger partial charge in [-0.05, 0) is 30.5 Å². The van der Waals surface area contributed by atoms with E-state index in [-0.39, 0.29) is 18.7 Å². The number of aromatic nitrogens is 2. The van der Waals surface area contributed by atoms with Gasteiger partial charge < -0.3 is 9.84 Å².